The molecule has 2 rings (SSSR count). The largest absolute Gasteiger partial charge is 0.492 e. The van der Waals surface area contributed by atoms with Crippen LogP contribution in [0.15, 0.2) is 24.3 Å². The summed E-state index contributed by atoms with van der Waals surface area (Å²) in [5.74, 6) is 2.16. The number of hydrogen-bond donors (Lipinski definition) is 1. The van der Waals surface area contributed by atoms with Crippen LogP contribution in [0.3, 0.4) is 0 Å². The van der Waals surface area contributed by atoms with E-state index in [2.05, 4.69) is 38.1 Å². The Balaban J connectivity index is 1.80. The molecule has 1 aromatic carbocycles. The van der Waals surface area contributed by atoms with Gasteiger partial charge in [0.15, 0.2) is 0 Å². The van der Waals surface area contributed by atoms with Crippen molar-refractivity contribution in [1.29, 1.82) is 0 Å². The minimum Gasteiger partial charge on any atom is -0.492 e. The number of hydrogen-bond acceptors (Lipinski definition) is 2. The Labute approximate surface area is 117 Å². The zero-order chi connectivity index (χ0) is 13.7. The molecule has 1 unspecified atom stereocenters. The highest BCUT2D eigenvalue weighted by atomic mass is 16.5. The predicted molar refractivity (Wildman–Crippen MR) is 80.6 cm³/mol. The van der Waals surface area contributed by atoms with Gasteiger partial charge in [-0.25, -0.2) is 0 Å². The van der Waals surface area contributed by atoms with Crippen LogP contribution in [0.5, 0.6) is 5.75 Å². The van der Waals surface area contributed by atoms with Crippen molar-refractivity contribution in [2.75, 3.05) is 6.61 Å². The molecular formula is C17H27NO. The van der Waals surface area contributed by atoms with E-state index in [1.807, 2.05) is 0 Å². The van der Waals surface area contributed by atoms with Gasteiger partial charge < -0.3 is 10.5 Å². The van der Waals surface area contributed by atoms with E-state index in [1.54, 1.807) is 0 Å². The van der Waals surface area contributed by atoms with E-state index < -0.39 is 0 Å². The lowest BCUT2D eigenvalue weighted by Gasteiger charge is -2.27. The van der Waals surface area contributed by atoms with E-state index in [0.29, 0.717) is 18.4 Å². The fraction of sp³-hybridized carbons (Fsp3) is 0.647. The second kappa shape index (κ2) is 6.95. The molecule has 19 heavy (non-hydrogen) atoms. The molecule has 106 valence electrons. The summed E-state index contributed by atoms with van der Waals surface area (Å²) in [6, 6.07) is 8.59. The predicted octanol–water partition coefficient (Wildman–Crippen LogP) is 4.10. The van der Waals surface area contributed by atoms with Crippen LogP contribution in [0.2, 0.25) is 0 Å². The lowest BCUT2D eigenvalue weighted by molar-refractivity contribution is 0.214. The van der Waals surface area contributed by atoms with Crippen molar-refractivity contribution < 1.29 is 4.74 Å². The van der Waals surface area contributed by atoms with Gasteiger partial charge in [0.25, 0.3) is 0 Å². The molecule has 1 aliphatic carbocycles. The Hall–Kier alpha value is -1.02. The van der Waals surface area contributed by atoms with Crippen molar-refractivity contribution in [3.63, 3.8) is 0 Å². The van der Waals surface area contributed by atoms with Crippen molar-refractivity contribution in [2.24, 2.45) is 11.7 Å². The Kier molecular flexibility index (Phi) is 5.26. The molecule has 1 aromatic rings. The van der Waals surface area contributed by atoms with Crippen LogP contribution in [0, 0.1) is 5.92 Å². The second-order valence-electron chi connectivity index (χ2n) is 6.10. The van der Waals surface area contributed by atoms with E-state index >= 15 is 0 Å². The molecule has 1 aliphatic rings. The fourth-order valence-corrected chi connectivity index (χ4v) is 2.84. The molecule has 2 heteroatoms. The van der Waals surface area contributed by atoms with E-state index in [9.17, 15) is 0 Å². The van der Waals surface area contributed by atoms with Crippen LogP contribution in [0.1, 0.15) is 57.4 Å². The molecule has 0 heterocycles. The van der Waals surface area contributed by atoms with Crippen molar-refractivity contribution in [3.05, 3.63) is 29.8 Å². The maximum atomic E-state index is 6.25. The lowest BCUT2D eigenvalue weighted by atomic mass is 9.84. The summed E-state index contributed by atoms with van der Waals surface area (Å²) in [7, 11) is 0. The molecule has 2 N–H and O–H groups in total. The van der Waals surface area contributed by atoms with E-state index in [0.717, 1.165) is 5.75 Å². The summed E-state index contributed by atoms with van der Waals surface area (Å²) in [5, 5.41) is 0. The first-order valence-electron chi connectivity index (χ1n) is 7.65. The van der Waals surface area contributed by atoms with Crippen LogP contribution >= 0.6 is 0 Å². The molecule has 0 amide bonds. The van der Waals surface area contributed by atoms with Crippen LogP contribution in [-0.2, 0) is 0 Å². The Morgan fingerprint density at radius 1 is 1.11 bits per heavy atom. The van der Waals surface area contributed by atoms with E-state index in [-0.39, 0.29) is 6.04 Å². The molecule has 1 saturated carbocycles. The van der Waals surface area contributed by atoms with E-state index in [1.165, 1.54) is 37.7 Å². The second-order valence-corrected chi connectivity index (χ2v) is 6.10. The van der Waals surface area contributed by atoms with E-state index in [4.69, 9.17) is 10.5 Å². The fourth-order valence-electron chi connectivity index (χ4n) is 2.84. The van der Waals surface area contributed by atoms with Crippen molar-refractivity contribution in [1.82, 2.24) is 0 Å². The summed E-state index contributed by atoms with van der Waals surface area (Å²) in [4.78, 5) is 0. The number of ether oxygens (including phenoxy) is 1. The monoisotopic (exact) mass is 261 g/mol. The summed E-state index contributed by atoms with van der Waals surface area (Å²) in [6.45, 7) is 5.05. The van der Waals surface area contributed by atoms with Gasteiger partial charge >= 0.3 is 0 Å². The normalized spacial score (nSPS) is 18.5. The Morgan fingerprint density at radius 3 is 2.32 bits per heavy atom. The van der Waals surface area contributed by atoms with Gasteiger partial charge in [-0.05, 0) is 42.4 Å². The summed E-state index contributed by atoms with van der Waals surface area (Å²) >= 11 is 0. The maximum Gasteiger partial charge on any atom is 0.119 e. The molecule has 0 aromatic heterocycles. The first kappa shape index (κ1) is 14.4. The minimum atomic E-state index is 0.185. The van der Waals surface area contributed by atoms with Gasteiger partial charge in [-0.15, -0.1) is 0 Å². The minimum absolute atomic E-state index is 0.185. The first-order valence-corrected chi connectivity index (χ1v) is 7.65. The molecule has 1 fully saturated rings. The average Bonchev–Trinajstić information content (AvgIpc) is 2.46. The average molecular weight is 261 g/mol. The van der Waals surface area contributed by atoms with Gasteiger partial charge in [0.05, 0.1) is 0 Å². The quantitative estimate of drug-likeness (QED) is 0.866. The highest BCUT2D eigenvalue weighted by molar-refractivity contribution is 5.28. The highest BCUT2D eigenvalue weighted by Crippen LogP contribution is 2.26. The zero-order valence-electron chi connectivity index (χ0n) is 12.3. The van der Waals surface area contributed by atoms with Crippen LogP contribution in [0.4, 0.5) is 0 Å². The summed E-state index contributed by atoms with van der Waals surface area (Å²) in [6.07, 6.45) is 6.59. The third kappa shape index (κ3) is 4.24. The highest BCUT2D eigenvalue weighted by Gasteiger charge is 2.20. The van der Waals surface area contributed by atoms with Crippen molar-refractivity contribution in [3.8, 4) is 5.75 Å². The molecule has 1 atom stereocenters. The SMILES string of the molecule is CC(C)c1ccc(OCC(N)C2CCCCC2)cc1. The molecule has 0 saturated heterocycles. The number of rotatable bonds is 5. The van der Waals surface area contributed by atoms with Gasteiger partial charge in [0, 0.05) is 6.04 Å². The lowest BCUT2D eigenvalue weighted by Crippen LogP contribution is -2.37. The summed E-state index contributed by atoms with van der Waals surface area (Å²) < 4.78 is 5.83. The van der Waals surface area contributed by atoms with Gasteiger partial charge in [0.2, 0.25) is 0 Å². The molecular weight excluding hydrogens is 234 g/mol. The molecule has 0 aliphatic heterocycles. The molecule has 0 spiro atoms. The van der Waals surface area contributed by atoms with Gasteiger partial charge in [-0.1, -0.05) is 45.2 Å². The Morgan fingerprint density at radius 2 is 1.74 bits per heavy atom. The van der Waals surface area contributed by atoms with Crippen LogP contribution in [-0.4, -0.2) is 12.6 Å². The van der Waals surface area contributed by atoms with Crippen molar-refractivity contribution >= 4 is 0 Å². The van der Waals surface area contributed by atoms with Crippen molar-refractivity contribution in [2.45, 2.75) is 57.9 Å². The van der Waals surface area contributed by atoms with Gasteiger partial charge in [-0.3, -0.25) is 0 Å². The Bertz CT molecular complexity index is 365. The number of nitrogens with two attached hydrogens (primary N) is 1. The zero-order valence-corrected chi connectivity index (χ0v) is 12.3. The topological polar surface area (TPSA) is 35.2 Å². The molecule has 0 radical (unpaired) electrons. The standard InChI is InChI=1S/C17H27NO/c1-13(2)14-8-10-16(11-9-14)19-12-17(18)15-6-4-3-5-7-15/h8-11,13,15,17H,3-7,12,18H2,1-2H3. The third-order valence-electron chi connectivity index (χ3n) is 4.24. The first-order chi connectivity index (χ1) is 9.16. The third-order valence-corrected chi connectivity index (χ3v) is 4.24. The van der Waals surface area contributed by atoms with Gasteiger partial charge in [0.1, 0.15) is 12.4 Å². The van der Waals surface area contributed by atoms with Crippen LogP contribution < -0.4 is 10.5 Å². The van der Waals surface area contributed by atoms with Crippen LogP contribution in [0.25, 0.3) is 0 Å². The number of benzene rings is 1. The summed E-state index contributed by atoms with van der Waals surface area (Å²) in [5.41, 5.74) is 7.60. The smallest absolute Gasteiger partial charge is 0.119 e. The molecule has 0 bridgehead atoms. The maximum absolute atomic E-state index is 6.25. The van der Waals surface area contributed by atoms with Gasteiger partial charge in [-0.2, -0.15) is 0 Å². The molecule has 2 nitrogen and oxygen atoms in total.